The summed E-state index contributed by atoms with van der Waals surface area (Å²) >= 11 is 0. The molecule has 1 spiro atoms. The van der Waals surface area contributed by atoms with E-state index in [9.17, 15) is 5.11 Å². The molecule has 6 heteroatoms. The maximum absolute atomic E-state index is 9.97. The summed E-state index contributed by atoms with van der Waals surface area (Å²) in [6, 6.07) is 0. The minimum absolute atomic E-state index is 0. The molecule has 1 saturated carbocycles. The fourth-order valence-corrected chi connectivity index (χ4v) is 4.43. The first-order chi connectivity index (χ1) is 10.7. The molecule has 3 atom stereocenters. The molecule has 0 amide bonds. The van der Waals surface area contributed by atoms with E-state index in [1.807, 2.05) is 7.05 Å². The highest BCUT2D eigenvalue weighted by Crippen LogP contribution is 2.37. The van der Waals surface area contributed by atoms with Gasteiger partial charge < -0.3 is 20.1 Å². The Hall–Kier alpha value is -0.0800. The number of guanidine groups is 1. The van der Waals surface area contributed by atoms with Crippen LogP contribution in [-0.4, -0.2) is 62.0 Å². The predicted octanol–water partition coefficient (Wildman–Crippen LogP) is 2.23. The highest BCUT2D eigenvalue weighted by molar-refractivity contribution is 14.0. The van der Waals surface area contributed by atoms with Gasteiger partial charge >= 0.3 is 0 Å². The third kappa shape index (κ3) is 4.72. The number of nitrogens with one attached hydrogen (secondary N) is 1. The summed E-state index contributed by atoms with van der Waals surface area (Å²) in [4.78, 5) is 6.89. The van der Waals surface area contributed by atoms with Gasteiger partial charge in [0.15, 0.2) is 5.96 Å². The largest absolute Gasteiger partial charge is 0.393 e. The summed E-state index contributed by atoms with van der Waals surface area (Å²) in [7, 11) is 1.87. The lowest BCUT2D eigenvalue weighted by Crippen LogP contribution is -2.53. The van der Waals surface area contributed by atoms with Gasteiger partial charge in [0.25, 0.3) is 0 Å². The second-order valence-electron chi connectivity index (χ2n) is 7.37. The van der Waals surface area contributed by atoms with E-state index in [1.165, 1.54) is 25.7 Å². The summed E-state index contributed by atoms with van der Waals surface area (Å²) in [5, 5.41) is 13.5. The predicted molar refractivity (Wildman–Crippen MR) is 103 cm³/mol. The first-order valence-electron chi connectivity index (χ1n) is 8.94. The number of rotatable bonds is 2. The Kier molecular flexibility index (Phi) is 7.41. The molecular formula is C17H32IN3O2. The minimum Gasteiger partial charge on any atom is -0.393 e. The topological polar surface area (TPSA) is 57.1 Å². The van der Waals surface area contributed by atoms with Crippen molar-refractivity contribution in [2.24, 2.45) is 16.3 Å². The third-order valence-electron chi connectivity index (χ3n) is 5.72. The zero-order chi connectivity index (χ0) is 15.4. The van der Waals surface area contributed by atoms with Gasteiger partial charge in [-0.25, -0.2) is 0 Å². The van der Waals surface area contributed by atoms with Gasteiger partial charge in [0, 0.05) is 44.6 Å². The van der Waals surface area contributed by atoms with Crippen molar-refractivity contribution < 1.29 is 9.84 Å². The average Bonchev–Trinajstić information content (AvgIpc) is 2.94. The van der Waals surface area contributed by atoms with Crippen LogP contribution >= 0.6 is 24.0 Å². The molecule has 5 nitrogen and oxygen atoms in total. The van der Waals surface area contributed by atoms with Crippen LogP contribution in [0, 0.1) is 11.3 Å². The number of aliphatic hydroxyl groups is 1. The summed E-state index contributed by atoms with van der Waals surface area (Å²) in [6.45, 7) is 4.80. The number of nitrogens with zero attached hydrogens (tertiary/aromatic N) is 2. The van der Waals surface area contributed by atoms with Crippen LogP contribution < -0.4 is 5.32 Å². The molecular weight excluding hydrogens is 405 g/mol. The molecule has 3 unspecified atom stereocenters. The molecule has 3 rings (SSSR count). The lowest BCUT2D eigenvalue weighted by molar-refractivity contribution is -0.0371. The third-order valence-corrected chi connectivity index (χ3v) is 5.72. The quantitative estimate of drug-likeness (QED) is 0.395. The number of hydrogen-bond donors (Lipinski definition) is 2. The maximum Gasteiger partial charge on any atom is 0.193 e. The molecule has 3 fully saturated rings. The molecule has 134 valence electrons. The number of ether oxygens (including phenoxy) is 1. The van der Waals surface area contributed by atoms with E-state index in [-0.39, 0.29) is 30.1 Å². The fourth-order valence-electron chi connectivity index (χ4n) is 4.43. The Bertz CT molecular complexity index is 394. The van der Waals surface area contributed by atoms with Crippen LogP contribution in [-0.2, 0) is 4.74 Å². The van der Waals surface area contributed by atoms with Crippen LogP contribution in [0.4, 0.5) is 0 Å². The van der Waals surface area contributed by atoms with E-state index in [0.29, 0.717) is 11.3 Å². The average molecular weight is 437 g/mol. The molecule has 0 radical (unpaired) electrons. The molecule has 23 heavy (non-hydrogen) atoms. The van der Waals surface area contributed by atoms with Crippen LogP contribution in [0.2, 0.25) is 0 Å². The summed E-state index contributed by atoms with van der Waals surface area (Å²) < 4.78 is 5.76. The molecule has 0 aromatic carbocycles. The molecule has 0 bridgehead atoms. The van der Waals surface area contributed by atoms with Crippen LogP contribution in [0.1, 0.15) is 44.9 Å². The summed E-state index contributed by atoms with van der Waals surface area (Å²) in [6.07, 6.45) is 8.06. The van der Waals surface area contributed by atoms with Crippen molar-refractivity contribution in [2.45, 2.75) is 51.0 Å². The number of halogens is 1. The molecule has 0 aromatic heterocycles. The van der Waals surface area contributed by atoms with Crippen LogP contribution in [0.25, 0.3) is 0 Å². The molecule has 1 aliphatic carbocycles. The van der Waals surface area contributed by atoms with E-state index in [2.05, 4.69) is 15.2 Å². The SMILES string of the molecule is CN=C(NCC1CCCC1O)N1CCCC2(CCCOC2)C1.I. The Morgan fingerprint density at radius 2 is 2.13 bits per heavy atom. The Balaban J connectivity index is 0.00000192. The normalized spacial score (nSPS) is 35.2. The number of aliphatic hydroxyl groups excluding tert-OH is 1. The van der Waals surface area contributed by atoms with Crippen molar-refractivity contribution in [3.05, 3.63) is 0 Å². The van der Waals surface area contributed by atoms with E-state index < -0.39 is 0 Å². The smallest absolute Gasteiger partial charge is 0.193 e. The van der Waals surface area contributed by atoms with E-state index >= 15 is 0 Å². The van der Waals surface area contributed by atoms with Gasteiger partial charge in [0.2, 0.25) is 0 Å². The number of likely N-dealkylation sites (tertiary alicyclic amines) is 1. The molecule has 3 aliphatic rings. The van der Waals surface area contributed by atoms with Gasteiger partial charge in [-0.05, 0) is 38.5 Å². The van der Waals surface area contributed by atoms with Gasteiger partial charge in [0.1, 0.15) is 0 Å². The van der Waals surface area contributed by atoms with Crippen molar-refractivity contribution in [2.75, 3.05) is 39.9 Å². The van der Waals surface area contributed by atoms with Gasteiger partial charge in [0.05, 0.1) is 12.7 Å². The summed E-state index contributed by atoms with van der Waals surface area (Å²) in [5.74, 6) is 1.39. The zero-order valence-corrected chi connectivity index (χ0v) is 16.6. The minimum atomic E-state index is -0.134. The lowest BCUT2D eigenvalue weighted by Gasteiger charge is -2.45. The highest BCUT2D eigenvalue weighted by atomic mass is 127. The molecule has 2 aliphatic heterocycles. The van der Waals surface area contributed by atoms with Crippen LogP contribution in [0.3, 0.4) is 0 Å². The molecule has 2 saturated heterocycles. The van der Waals surface area contributed by atoms with Crippen molar-refractivity contribution >= 4 is 29.9 Å². The molecule has 2 N–H and O–H groups in total. The number of aliphatic imine (C=N–C) groups is 1. The fraction of sp³-hybridized carbons (Fsp3) is 0.941. The van der Waals surface area contributed by atoms with Gasteiger partial charge in [-0.1, -0.05) is 6.42 Å². The standard InChI is InChI=1S/C17H31N3O2.HI/c1-18-16(19-11-14-5-2-6-15(14)21)20-9-3-7-17(12-20)8-4-10-22-13-17;/h14-15,21H,2-13H2,1H3,(H,18,19);1H. The van der Waals surface area contributed by atoms with Gasteiger partial charge in [-0.3, -0.25) is 4.99 Å². The van der Waals surface area contributed by atoms with Crippen LogP contribution in [0.5, 0.6) is 0 Å². The second-order valence-corrected chi connectivity index (χ2v) is 7.37. The monoisotopic (exact) mass is 437 g/mol. The Morgan fingerprint density at radius 1 is 1.30 bits per heavy atom. The van der Waals surface area contributed by atoms with Crippen molar-refractivity contribution in [1.82, 2.24) is 10.2 Å². The van der Waals surface area contributed by atoms with Crippen LogP contribution in [0.15, 0.2) is 4.99 Å². The Labute approximate surface area is 157 Å². The first-order valence-corrected chi connectivity index (χ1v) is 8.94. The number of piperidine rings is 1. The lowest BCUT2D eigenvalue weighted by atomic mass is 9.76. The van der Waals surface area contributed by atoms with Crippen molar-refractivity contribution in [1.29, 1.82) is 0 Å². The van der Waals surface area contributed by atoms with Crippen molar-refractivity contribution in [3.63, 3.8) is 0 Å². The van der Waals surface area contributed by atoms with E-state index in [0.717, 1.165) is 58.1 Å². The van der Waals surface area contributed by atoms with E-state index in [1.54, 1.807) is 0 Å². The molecule has 2 heterocycles. The zero-order valence-electron chi connectivity index (χ0n) is 14.3. The summed E-state index contributed by atoms with van der Waals surface area (Å²) in [5.41, 5.74) is 0.334. The van der Waals surface area contributed by atoms with E-state index in [4.69, 9.17) is 4.74 Å². The first kappa shape index (κ1) is 19.2. The Morgan fingerprint density at radius 3 is 2.78 bits per heavy atom. The highest BCUT2D eigenvalue weighted by Gasteiger charge is 2.38. The molecule has 0 aromatic rings. The van der Waals surface area contributed by atoms with Crippen molar-refractivity contribution in [3.8, 4) is 0 Å². The maximum atomic E-state index is 9.97. The number of hydrogen-bond acceptors (Lipinski definition) is 3. The second kappa shape index (κ2) is 8.85. The van der Waals surface area contributed by atoms with Gasteiger partial charge in [-0.15, -0.1) is 24.0 Å². The van der Waals surface area contributed by atoms with Gasteiger partial charge in [-0.2, -0.15) is 0 Å².